The third-order valence-corrected chi connectivity index (χ3v) is 6.71. The van der Waals surface area contributed by atoms with Crippen molar-refractivity contribution in [2.75, 3.05) is 16.0 Å². The van der Waals surface area contributed by atoms with E-state index in [-0.39, 0.29) is 34.3 Å². The van der Waals surface area contributed by atoms with Gasteiger partial charge in [0.1, 0.15) is 16.7 Å². The highest BCUT2D eigenvalue weighted by atomic mass is 16.4. The van der Waals surface area contributed by atoms with Crippen LogP contribution in [0.15, 0.2) is 122 Å². The Morgan fingerprint density at radius 2 is 0.690 bits per heavy atom. The Labute approximate surface area is 237 Å². The van der Waals surface area contributed by atoms with E-state index in [1.54, 1.807) is 36.4 Å². The van der Waals surface area contributed by atoms with E-state index < -0.39 is 17.7 Å². The number of hydrogen-bond donors (Lipinski definition) is 3. The molecule has 0 aliphatic carbocycles. The zero-order valence-electron chi connectivity index (χ0n) is 21.8. The Balaban J connectivity index is 1.20. The summed E-state index contributed by atoms with van der Waals surface area (Å²) in [5.74, 6) is -1.01. The molecule has 0 radical (unpaired) electrons. The molecule has 0 atom stereocenters. The van der Waals surface area contributed by atoms with Crippen molar-refractivity contribution in [3.05, 3.63) is 126 Å². The van der Waals surface area contributed by atoms with Crippen LogP contribution in [0.3, 0.4) is 0 Å². The second kappa shape index (κ2) is 10.1. The van der Waals surface area contributed by atoms with Crippen LogP contribution in [0.4, 0.5) is 17.7 Å². The zero-order chi connectivity index (χ0) is 28.6. The molecule has 3 aromatic heterocycles. The molecule has 7 aromatic rings. The Morgan fingerprint density at radius 3 is 0.976 bits per heavy atom. The molecule has 0 aliphatic rings. The number of nitrogens with one attached hydrogen (secondary N) is 3. The molecule has 3 heterocycles. The topological polar surface area (TPSA) is 127 Å². The molecular weight excluding hydrogens is 534 g/mol. The van der Waals surface area contributed by atoms with Gasteiger partial charge in [-0.3, -0.25) is 30.3 Å². The number of fused-ring (bicyclic) bond motifs is 3. The third kappa shape index (κ3) is 4.86. The van der Waals surface area contributed by atoms with Crippen LogP contribution in [0.1, 0.15) is 31.1 Å². The van der Waals surface area contributed by atoms with Gasteiger partial charge in [-0.1, -0.05) is 54.6 Å². The SMILES string of the molecule is O=C(Nc1cc2ccccc2o1)c1cc(C(=O)Nc2cc3ccccc3o2)cc(C(=O)Nc2cc3ccccc3o2)c1. The molecule has 0 saturated heterocycles. The average molecular weight is 556 g/mol. The van der Waals surface area contributed by atoms with Crippen LogP contribution in [0, 0.1) is 0 Å². The maximum atomic E-state index is 13.3. The Bertz CT molecular complexity index is 1800. The molecule has 3 amide bonds. The average Bonchev–Trinajstić information content (AvgIpc) is 3.72. The first kappa shape index (κ1) is 24.9. The molecule has 0 unspecified atom stereocenters. The number of benzene rings is 4. The molecule has 7 rings (SSSR count). The maximum Gasteiger partial charge on any atom is 0.258 e. The lowest BCUT2D eigenvalue weighted by atomic mass is 10.0. The minimum atomic E-state index is -0.565. The Morgan fingerprint density at radius 1 is 0.405 bits per heavy atom. The van der Waals surface area contributed by atoms with E-state index in [0.717, 1.165) is 16.2 Å². The van der Waals surface area contributed by atoms with Gasteiger partial charge in [0.05, 0.1) is 0 Å². The molecule has 9 nitrogen and oxygen atoms in total. The minimum absolute atomic E-state index is 0.0717. The Hall–Kier alpha value is -6.09. The minimum Gasteiger partial charge on any atom is -0.440 e. The second-order valence-electron chi connectivity index (χ2n) is 9.61. The fourth-order valence-electron chi connectivity index (χ4n) is 4.70. The quantitative estimate of drug-likeness (QED) is 0.193. The van der Waals surface area contributed by atoms with Crippen molar-refractivity contribution in [3.8, 4) is 0 Å². The highest BCUT2D eigenvalue weighted by Gasteiger charge is 2.20. The lowest BCUT2D eigenvalue weighted by molar-refractivity contribution is 0.102. The lowest BCUT2D eigenvalue weighted by Crippen LogP contribution is -2.19. The van der Waals surface area contributed by atoms with Gasteiger partial charge < -0.3 is 13.3 Å². The summed E-state index contributed by atoms with van der Waals surface area (Å²) in [4.78, 5) is 40.0. The van der Waals surface area contributed by atoms with Gasteiger partial charge in [0.15, 0.2) is 0 Å². The molecule has 9 heteroatoms. The summed E-state index contributed by atoms with van der Waals surface area (Å²) in [5, 5.41) is 10.6. The summed E-state index contributed by atoms with van der Waals surface area (Å²) in [6.45, 7) is 0. The van der Waals surface area contributed by atoms with Crippen molar-refractivity contribution in [2.24, 2.45) is 0 Å². The fraction of sp³-hybridized carbons (Fsp3) is 0. The normalized spacial score (nSPS) is 11.1. The molecule has 204 valence electrons. The number of hydrogen-bond acceptors (Lipinski definition) is 6. The number of para-hydroxylation sites is 3. The van der Waals surface area contributed by atoms with Crippen LogP contribution in [-0.2, 0) is 0 Å². The highest BCUT2D eigenvalue weighted by molar-refractivity contribution is 6.13. The molecule has 0 bridgehead atoms. The van der Waals surface area contributed by atoms with Gasteiger partial charge in [-0.05, 0) is 36.4 Å². The summed E-state index contributed by atoms with van der Waals surface area (Å²) < 4.78 is 17.1. The van der Waals surface area contributed by atoms with Crippen LogP contribution < -0.4 is 16.0 Å². The fourth-order valence-corrected chi connectivity index (χ4v) is 4.70. The van der Waals surface area contributed by atoms with E-state index in [4.69, 9.17) is 13.3 Å². The van der Waals surface area contributed by atoms with Crippen molar-refractivity contribution >= 4 is 68.3 Å². The van der Waals surface area contributed by atoms with E-state index in [1.807, 2.05) is 54.6 Å². The predicted molar refractivity (Wildman–Crippen MR) is 159 cm³/mol. The molecular formula is C33H21N3O6. The summed E-state index contributed by atoms with van der Waals surface area (Å²) in [6, 6.07) is 31.3. The largest absolute Gasteiger partial charge is 0.440 e. The van der Waals surface area contributed by atoms with Crippen LogP contribution in [-0.4, -0.2) is 17.7 Å². The van der Waals surface area contributed by atoms with Crippen molar-refractivity contribution in [1.29, 1.82) is 0 Å². The second-order valence-corrected chi connectivity index (χ2v) is 9.61. The molecule has 42 heavy (non-hydrogen) atoms. The van der Waals surface area contributed by atoms with Crippen LogP contribution in [0.25, 0.3) is 32.9 Å². The summed E-state index contributed by atoms with van der Waals surface area (Å²) in [6.07, 6.45) is 0. The van der Waals surface area contributed by atoms with Crippen LogP contribution in [0.5, 0.6) is 0 Å². The van der Waals surface area contributed by atoms with Gasteiger partial charge in [0.25, 0.3) is 17.7 Å². The maximum absolute atomic E-state index is 13.3. The van der Waals surface area contributed by atoms with Gasteiger partial charge in [-0.25, -0.2) is 0 Å². The van der Waals surface area contributed by atoms with E-state index in [2.05, 4.69) is 16.0 Å². The Kier molecular flexibility index (Phi) is 6.02. The first-order chi connectivity index (χ1) is 20.5. The van der Waals surface area contributed by atoms with Crippen molar-refractivity contribution in [2.45, 2.75) is 0 Å². The number of carbonyl (C=O) groups excluding carboxylic acids is 3. The van der Waals surface area contributed by atoms with E-state index >= 15 is 0 Å². The monoisotopic (exact) mass is 555 g/mol. The van der Waals surface area contributed by atoms with Crippen molar-refractivity contribution < 1.29 is 27.6 Å². The standard InChI is InChI=1S/C33H21N3O6/c37-31(34-28-16-19-7-1-4-10-25(19)40-28)22-13-23(32(38)35-29-17-20-8-2-5-11-26(20)41-29)15-24(14-22)33(39)36-30-18-21-9-3-6-12-27(21)42-30/h1-18H,(H,34,37)(H,35,38)(H,36,39). The smallest absolute Gasteiger partial charge is 0.258 e. The summed E-state index contributed by atoms with van der Waals surface area (Å²) in [5.41, 5.74) is 2.04. The molecule has 0 fully saturated rings. The highest BCUT2D eigenvalue weighted by Crippen LogP contribution is 2.26. The summed E-state index contributed by atoms with van der Waals surface area (Å²) in [7, 11) is 0. The van der Waals surface area contributed by atoms with Crippen molar-refractivity contribution in [1.82, 2.24) is 0 Å². The van der Waals surface area contributed by atoms with Crippen LogP contribution in [0.2, 0.25) is 0 Å². The zero-order valence-corrected chi connectivity index (χ0v) is 21.8. The van der Waals surface area contributed by atoms with Gasteiger partial charge in [-0.2, -0.15) is 0 Å². The number of amides is 3. The molecule has 0 spiro atoms. The lowest BCUT2D eigenvalue weighted by Gasteiger charge is -2.09. The number of carbonyl (C=O) groups is 3. The van der Waals surface area contributed by atoms with Crippen LogP contribution >= 0.6 is 0 Å². The van der Waals surface area contributed by atoms with Gasteiger partial charge in [0.2, 0.25) is 17.7 Å². The first-order valence-electron chi connectivity index (χ1n) is 13.0. The van der Waals surface area contributed by atoms with E-state index in [9.17, 15) is 14.4 Å². The van der Waals surface area contributed by atoms with Gasteiger partial charge >= 0.3 is 0 Å². The van der Waals surface area contributed by atoms with E-state index in [0.29, 0.717) is 16.7 Å². The molecule has 3 N–H and O–H groups in total. The predicted octanol–water partition coefficient (Wildman–Crippen LogP) is 7.68. The first-order valence-corrected chi connectivity index (χ1v) is 13.0. The van der Waals surface area contributed by atoms with Gasteiger partial charge in [0, 0.05) is 51.0 Å². The molecule has 0 aliphatic heterocycles. The van der Waals surface area contributed by atoms with Crippen molar-refractivity contribution in [3.63, 3.8) is 0 Å². The summed E-state index contributed by atoms with van der Waals surface area (Å²) >= 11 is 0. The number of rotatable bonds is 6. The number of furan rings is 3. The third-order valence-electron chi connectivity index (χ3n) is 6.71. The molecule has 0 saturated carbocycles. The molecule has 4 aromatic carbocycles. The number of anilines is 3. The van der Waals surface area contributed by atoms with Gasteiger partial charge in [-0.15, -0.1) is 0 Å². The van der Waals surface area contributed by atoms with E-state index in [1.165, 1.54) is 18.2 Å².